The minimum atomic E-state index is 0.121. The molecular weight excluding hydrogens is 361 g/mol. The van der Waals surface area contributed by atoms with Crippen molar-refractivity contribution in [3.63, 3.8) is 0 Å². The predicted octanol–water partition coefficient (Wildman–Crippen LogP) is 2.92. The largest absolute Gasteiger partial charge is 0.312 e. The summed E-state index contributed by atoms with van der Waals surface area (Å²) in [5, 5.41) is 0.121. The van der Waals surface area contributed by atoms with E-state index in [1.165, 1.54) is 11.8 Å². The molecule has 1 aromatic rings. The van der Waals surface area contributed by atoms with Crippen molar-refractivity contribution in [2.24, 2.45) is 5.92 Å². The molecule has 0 N–H and O–H groups in total. The molecule has 18 heavy (non-hydrogen) atoms. The Hall–Kier alpha value is -0.560. The fourth-order valence-electron chi connectivity index (χ4n) is 2.02. The van der Waals surface area contributed by atoms with Gasteiger partial charge in [0.25, 0.3) is 0 Å². The lowest BCUT2D eigenvalue weighted by atomic mass is 10.1. The van der Waals surface area contributed by atoms with E-state index in [4.69, 9.17) is 0 Å². The first kappa shape index (κ1) is 13.9. The van der Waals surface area contributed by atoms with E-state index in [0.717, 1.165) is 21.6 Å². The summed E-state index contributed by atoms with van der Waals surface area (Å²) in [6, 6.07) is 7.94. The van der Waals surface area contributed by atoms with Crippen molar-refractivity contribution in [2.45, 2.75) is 13.3 Å². The number of benzene rings is 1. The van der Waals surface area contributed by atoms with Gasteiger partial charge in [0.1, 0.15) is 0 Å². The Bertz CT molecular complexity index is 478. The van der Waals surface area contributed by atoms with E-state index < -0.39 is 0 Å². The van der Waals surface area contributed by atoms with Crippen LogP contribution in [0.15, 0.2) is 24.3 Å². The topological polar surface area (TPSA) is 37.4 Å². The third-order valence-electron chi connectivity index (χ3n) is 2.85. The van der Waals surface area contributed by atoms with Gasteiger partial charge in [-0.3, -0.25) is 9.59 Å². The minimum absolute atomic E-state index is 0.121. The van der Waals surface area contributed by atoms with Gasteiger partial charge in [-0.15, -0.1) is 0 Å². The van der Waals surface area contributed by atoms with Crippen molar-refractivity contribution in [1.29, 1.82) is 0 Å². The molecule has 0 aliphatic carbocycles. The van der Waals surface area contributed by atoms with Gasteiger partial charge in [-0.2, -0.15) is 0 Å². The van der Waals surface area contributed by atoms with E-state index in [1.807, 2.05) is 29.2 Å². The number of carbonyl (C=O) groups is 2. The Morgan fingerprint density at radius 2 is 2.33 bits per heavy atom. The molecule has 0 bridgehead atoms. The van der Waals surface area contributed by atoms with Crippen LogP contribution in [-0.2, 0) is 9.59 Å². The molecule has 1 aromatic carbocycles. The number of hydrogen-bond acceptors (Lipinski definition) is 3. The van der Waals surface area contributed by atoms with E-state index >= 15 is 0 Å². The number of amides is 1. The van der Waals surface area contributed by atoms with Crippen molar-refractivity contribution in [3.05, 3.63) is 27.8 Å². The van der Waals surface area contributed by atoms with Crippen LogP contribution in [0.4, 0.5) is 5.69 Å². The molecule has 1 fully saturated rings. The molecule has 1 atom stereocenters. The van der Waals surface area contributed by atoms with Gasteiger partial charge in [0, 0.05) is 34.9 Å². The normalized spacial score (nSPS) is 19.3. The van der Waals surface area contributed by atoms with Crippen molar-refractivity contribution in [1.82, 2.24) is 0 Å². The van der Waals surface area contributed by atoms with Gasteiger partial charge in [-0.1, -0.05) is 17.8 Å². The number of hydrogen-bond donors (Lipinski definition) is 0. The Balaban J connectivity index is 2.03. The monoisotopic (exact) mass is 375 g/mol. The predicted molar refractivity (Wildman–Crippen MR) is 82.8 cm³/mol. The number of anilines is 1. The van der Waals surface area contributed by atoms with Crippen molar-refractivity contribution < 1.29 is 9.59 Å². The average molecular weight is 375 g/mol. The van der Waals surface area contributed by atoms with Crippen LogP contribution in [0.2, 0.25) is 0 Å². The van der Waals surface area contributed by atoms with Crippen molar-refractivity contribution in [2.75, 3.05) is 17.2 Å². The van der Waals surface area contributed by atoms with Gasteiger partial charge < -0.3 is 4.90 Å². The van der Waals surface area contributed by atoms with E-state index in [-0.39, 0.29) is 16.9 Å². The molecule has 96 valence electrons. The summed E-state index contributed by atoms with van der Waals surface area (Å²) in [5.41, 5.74) is 0.960. The molecule has 1 saturated heterocycles. The molecule has 1 aliphatic heterocycles. The van der Waals surface area contributed by atoms with Gasteiger partial charge >= 0.3 is 0 Å². The number of nitrogens with zero attached hydrogens (tertiary/aromatic N) is 1. The first-order chi connectivity index (χ1) is 8.56. The minimum Gasteiger partial charge on any atom is -0.312 e. The Morgan fingerprint density at radius 1 is 1.56 bits per heavy atom. The molecular formula is C13H14INO2S. The lowest BCUT2D eigenvalue weighted by Gasteiger charge is -2.16. The van der Waals surface area contributed by atoms with Crippen LogP contribution in [0.1, 0.15) is 13.3 Å². The average Bonchev–Trinajstić information content (AvgIpc) is 2.68. The zero-order valence-corrected chi connectivity index (χ0v) is 13.0. The maximum Gasteiger partial charge on any atom is 0.227 e. The highest BCUT2D eigenvalue weighted by molar-refractivity contribution is 14.1. The van der Waals surface area contributed by atoms with E-state index in [2.05, 4.69) is 22.6 Å². The first-order valence-electron chi connectivity index (χ1n) is 5.75. The quantitative estimate of drug-likeness (QED) is 0.763. The number of thioether (sulfide) groups is 1. The van der Waals surface area contributed by atoms with E-state index in [0.29, 0.717) is 6.42 Å². The number of rotatable bonds is 3. The molecule has 0 saturated carbocycles. The molecule has 1 aliphatic rings. The highest BCUT2D eigenvalue weighted by atomic mass is 127. The second kappa shape index (κ2) is 6.06. The zero-order chi connectivity index (χ0) is 13.1. The third kappa shape index (κ3) is 3.47. The van der Waals surface area contributed by atoms with Crippen LogP contribution in [0, 0.1) is 9.49 Å². The number of halogens is 1. The van der Waals surface area contributed by atoms with Crippen LogP contribution in [-0.4, -0.2) is 23.3 Å². The molecule has 1 heterocycles. The molecule has 0 spiro atoms. The molecule has 1 amide bonds. The first-order valence-corrected chi connectivity index (χ1v) is 7.82. The van der Waals surface area contributed by atoms with Crippen LogP contribution in [0.25, 0.3) is 0 Å². The van der Waals surface area contributed by atoms with E-state index in [1.54, 1.807) is 6.92 Å². The highest BCUT2D eigenvalue weighted by Gasteiger charge is 2.30. The van der Waals surface area contributed by atoms with Gasteiger partial charge in [-0.05, 0) is 46.7 Å². The van der Waals surface area contributed by atoms with Gasteiger partial charge in [-0.25, -0.2) is 0 Å². The third-order valence-corrected chi connectivity index (χ3v) is 4.56. The smallest absolute Gasteiger partial charge is 0.227 e. The van der Waals surface area contributed by atoms with Crippen LogP contribution in [0.5, 0.6) is 0 Å². The summed E-state index contributed by atoms with van der Waals surface area (Å²) >= 11 is 3.55. The van der Waals surface area contributed by atoms with Crippen LogP contribution >= 0.6 is 34.4 Å². The summed E-state index contributed by atoms with van der Waals surface area (Å²) < 4.78 is 1.12. The van der Waals surface area contributed by atoms with Crippen LogP contribution in [0.3, 0.4) is 0 Å². The lowest BCUT2D eigenvalue weighted by Crippen LogP contribution is -2.24. The van der Waals surface area contributed by atoms with E-state index in [9.17, 15) is 9.59 Å². The summed E-state index contributed by atoms with van der Waals surface area (Å²) in [7, 11) is 0. The maximum atomic E-state index is 12.0. The van der Waals surface area contributed by atoms with Crippen LogP contribution < -0.4 is 4.90 Å². The fraction of sp³-hybridized carbons (Fsp3) is 0.385. The second-order valence-corrected chi connectivity index (χ2v) is 6.80. The molecule has 1 unspecified atom stereocenters. The van der Waals surface area contributed by atoms with Crippen molar-refractivity contribution >= 4 is 51.1 Å². The molecule has 0 aromatic heterocycles. The van der Waals surface area contributed by atoms with Gasteiger partial charge in [0.15, 0.2) is 5.12 Å². The second-order valence-electron chi connectivity index (χ2n) is 4.36. The maximum absolute atomic E-state index is 12.0. The Labute approximate surface area is 124 Å². The summed E-state index contributed by atoms with van der Waals surface area (Å²) in [6.45, 7) is 2.29. The Kier molecular flexibility index (Phi) is 4.66. The van der Waals surface area contributed by atoms with Gasteiger partial charge in [0.2, 0.25) is 5.91 Å². The molecule has 3 nitrogen and oxygen atoms in total. The summed E-state index contributed by atoms with van der Waals surface area (Å²) in [6.07, 6.45) is 0.547. The van der Waals surface area contributed by atoms with Crippen molar-refractivity contribution in [3.8, 4) is 0 Å². The fourth-order valence-corrected chi connectivity index (χ4v) is 3.24. The van der Waals surface area contributed by atoms with Gasteiger partial charge in [0.05, 0.1) is 0 Å². The molecule has 5 heteroatoms. The standard InChI is InChI=1S/C13H14INO2S/c1-9(16)18-8-10-5-13(17)15(7-10)12-4-2-3-11(14)6-12/h2-4,6,10H,5,7-8H2,1H3. The molecule has 0 radical (unpaired) electrons. The highest BCUT2D eigenvalue weighted by Crippen LogP contribution is 2.28. The lowest BCUT2D eigenvalue weighted by molar-refractivity contribution is -0.117. The Morgan fingerprint density at radius 3 is 3.00 bits per heavy atom. The number of carbonyl (C=O) groups excluding carboxylic acids is 2. The SMILES string of the molecule is CC(=O)SCC1CC(=O)N(c2cccc(I)c2)C1. The molecule has 2 rings (SSSR count). The zero-order valence-electron chi connectivity index (χ0n) is 10.1. The summed E-state index contributed by atoms with van der Waals surface area (Å²) in [5.74, 6) is 1.18. The summed E-state index contributed by atoms with van der Waals surface area (Å²) in [4.78, 5) is 24.7.